The van der Waals surface area contributed by atoms with Gasteiger partial charge in [0.1, 0.15) is 5.75 Å². The standard InChI is InChI=1S/C16H20N2O/c1-12(13-7-9-15(19-2)10-8-13)18-11-14-5-3-4-6-16(14)17/h3-10,12,18H,11,17H2,1-2H3/t12-/m0/s1. The van der Waals surface area contributed by atoms with Gasteiger partial charge in [-0.2, -0.15) is 0 Å². The van der Waals surface area contributed by atoms with Gasteiger partial charge in [-0.3, -0.25) is 0 Å². The van der Waals surface area contributed by atoms with Gasteiger partial charge >= 0.3 is 0 Å². The minimum Gasteiger partial charge on any atom is -0.497 e. The number of rotatable bonds is 5. The van der Waals surface area contributed by atoms with Crippen LogP contribution < -0.4 is 15.8 Å². The second-order valence-electron chi connectivity index (χ2n) is 4.57. The average molecular weight is 256 g/mol. The SMILES string of the molecule is COc1ccc([C@H](C)NCc2ccccc2N)cc1. The van der Waals surface area contributed by atoms with E-state index in [1.165, 1.54) is 5.56 Å². The molecule has 0 aliphatic rings. The summed E-state index contributed by atoms with van der Waals surface area (Å²) in [4.78, 5) is 0. The number of nitrogens with two attached hydrogens (primary N) is 1. The van der Waals surface area contributed by atoms with Gasteiger partial charge in [0.2, 0.25) is 0 Å². The van der Waals surface area contributed by atoms with Crippen LogP contribution in [0.3, 0.4) is 0 Å². The van der Waals surface area contributed by atoms with Crippen LogP contribution in [-0.4, -0.2) is 7.11 Å². The highest BCUT2D eigenvalue weighted by Gasteiger charge is 2.06. The number of hydrogen-bond acceptors (Lipinski definition) is 3. The van der Waals surface area contributed by atoms with Crippen molar-refractivity contribution in [2.24, 2.45) is 0 Å². The summed E-state index contributed by atoms with van der Waals surface area (Å²) in [5, 5.41) is 3.47. The van der Waals surface area contributed by atoms with E-state index in [0.29, 0.717) is 0 Å². The van der Waals surface area contributed by atoms with Crippen molar-refractivity contribution in [1.29, 1.82) is 0 Å². The monoisotopic (exact) mass is 256 g/mol. The summed E-state index contributed by atoms with van der Waals surface area (Å²) in [6.45, 7) is 2.90. The molecule has 0 aliphatic carbocycles. The van der Waals surface area contributed by atoms with Crippen LogP contribution in [0.4, 0.5) is 5.69 Å². The molecule has 2 aromatic carbocycles. The number of benzene rings is 2. The fraction of sp³-hybridized carbons (Fsp3) is 0.250. The second kappa shape index (κ2) is 6.25. The molecule has 0 spiro atoms. The highest BCUT2D eigenvalue weighted by molar-refractivity contribution is 5.46. The Hall–Kier alpha value is -2.00. The summed E-state index contributed by atoms with van der Waals surface area (Å²) in [5.41, 5.74) is 9.12. The van der Waals surface area contributed by atoms with E-state index in [2.05, 4.69) is 24.4 Å². The van der Waals surface area contributed by atoms with Crippen LogP contribution in [0.1, 0.15) is 24.1 Å². The summed E-state index contributed by atoms with van der Waals surface area (Å²) in [6.07, 6.45) is 0. The lowest BCUT2D eigenvalue weighted by molar-refractivity contribution is 0.414. The van der Waals surface area contributed by atoms with E-state index in [9.17, 15) is 0 Å². The minimum absolute atomic E-state index is 0.269. The van der Waals surface area contributed by atoms with Crippen molar-refractivity contribution in [3.8, 4) is 5.75 Å². The number of nitrogen functional groups attached to an aromatic ring is 1. The largest absolute Gasteiger partial charge is 0.497 e. The van der Waals surface area contributed by atoms with E-state index in [1.54, 1.807) is 7.11 Å². The van der Waals surface area contributed by atoms with Crippen molar-refractivity contribution < 1.29 is 4.74 Å². The van der Waals surface area contributed by atoms with Crippen molar-refractivity contribution >= 4 is 5.69 Å². The number of anilines is 1. The molecular formula is C16H20N2O. The van der Waals surface area contributed by atoms with Crippen LogP contribution in [-0.2, 0) is 6.54 Å². The van der Waals surface area contributed by atoms with E-state index < -0.39 is 0 Å². The topological polar surface area (TPSA) is 47.3 Å². The van der Waals surface area contributed by atoms with Gasteiger partial charge < -0.3 is 15.8 Å². The summed E-state index contributed by atoms with van der Waals surface area (Å²) < 4.78 is 5.16. The van der Waals surface area contributed by atoms with Gasteiger partial charge in [-0.05, 0) is 36.2 Å². The maximum atomic E-state index is 5.93. The molecule has 2 rings (SSSR count). The lowest BCUT2D eigenvalue weighted by Gasteiger charge is -2.15. The molecule has 0 heterocycles. The molecule has 3 heteroatoms. The Morgan fingerprint density at radius 2 is 1.79 bits per heavy atom. The summed E-state index contributed by atoms with van der Waals surface area (Å²) in [6, 6.07) is 16.3. The third-order valence-corrected chi connectivity index (χ3v) is 3.27. The lowest BCUT2D eigenvalue weighted by Crippen LogP contribution is -2.18. The van der Waals surface area contributed by atoms with Crippen LogP contribution in [0.2, 0.25) is 0 Å². The number of methoxy groups -OCH3 is 1. The molecule has 3 nitrogen and oxygen atoms in total. The molecule has 2 aromatic rings. The Bertz CT molecular complexity index is 523. The second-order valence-corrected chi connectivity index (χ2v) is 4.57. The van der Waals surface area contributed by atoms with Gasteiger partial charge in [0.15, 0.2) is 0 Å². The third-order valence-electron chi connectivity index (χ3n) is 3.27. The Kier molecular flexibility index (Phi) is 4.42. The van der Waals surface area contributed by atoms with Gasteiger partial charge in [-0.1, -0.05) is 30.3 Å². The predicted molar refractivity (Wildman–Crippen MR) is 79.1 cm³/mol. The van der Waals surface area contributed by atoms with Gasteiger partial charge in [0, 0.05) is 18.3 Å². The quantitative estimate of drug-likeness (QED) is 0.808. The van der Waals surface area contributed by atoms with Gasteiger partial charge in [-0.15, -0.1) is 0 Å². The number of ether oxygens (including phenoxy) is 1. The normalized spacial score (nSPS) is 12.1. The van der Waals surface area contributed by atoms with Crippen LogP contribution in [0.5, 0.6) is 5.75 Å². The molecule has 0 saturated carbocycles. The predicted octanol–water partition coefficient (Wildman–Crippen LogP) is 3.13. The molecule has 0 bridgehead atoms. The Morgan fingerprint density at radius 1 is 1.11 bits per heavy atom. The minimum atomic E-state index is 0.269. The summed E-state index contributed by atoms with van der Waals surface area (Å²) >= 11 is 0. The highest BCUT2D eigenvalue weighted by atomic mass is 16.5. The van der Waals surface area contributed by atoms with E-state index in [4.69, 9.17) is 10.5 Å². The Balaban J connectivity index is 1.97. The molecule has 0 unspecified atom stereocenters. The van der Waals surface area contributed by atoms with Gasteiger partial charge in [0.05, 0.1) is 7.11 Å². The maximum absolute atomic E-state index is 5.93. The molecular weight excluding hydrogens is 236 g/mol. The molecule has 100 valence electrons. The molecule has 19 heavy (non-hydrogen) atoms. The van der Waals surface area contributed by atoms with Gasteiger partial charge in [0.25, 0.3) is 0 Å². The number of para-hydroxylation sites is 1. The molecule has 0 radical (unpaired) electrons. The van der Waals surface area contributed by atoms with Crippen LogP contribution >= 0.6 is 0 Å². The zero-order valence-corrected chi connectivity index (χ0v) is 11.4. The first-order valence-electron chi connectivity index (χ1n) is 6.41. The molecule has 3 N–H and O–H groups in total. The van der Waals surface area contributed by atoms with Crippen molar-refractivity contribution in [2.75, 3.05) is 12.8 Å². The van der Waals surface area contributed by atoms with Crippen molar-refractivity contribution in [3.63, 3.8) is 0 Å². The third kappa shape index (κ3) is 3.48. The first kappa shape index (κ1) is 13.4. The number of hydrogen-bond donors (Lipinski definition) is 2. The molecule has 1 atom stereocenters. The highest BCUT2D eigenvalue weighted by Crippen LogP contribution is 2.18. The molecule has 0 amide bonds. The Morgan fingerprint density at radius 3 is 2.42 bits per heavy atom. The van der Waals surface area contributed by atoms with E-state index in [1.807, 2.05) is 36.4 Å². The maximum Gasteiger partial charge on any atom is 0.118 e. The Labute approximate surface area is 114 Å². The smallest absolute Gasteiger partial charge is 0.118 e. The molecule has 0 saturated heterocycles. The van der Waals surface area contributed by atoms with Crippen LogP contribution in [0.15, 0.2) is 48.5 Å². The van der Waals surface area contributed by atoms with E-state index in [-0.39, 0.29) is 6.04 Å². The molecule has 0 fully saturated rings. The van der Waals surface area contributed by atoms with Crippen LogP contribution in [0.25, 0.3) is 0 Å². The van der Waals surface area contributed by atoms with E-state index >= 15 is 0 Å². The van der Waals surface area contributed by atoms with Gasteiger partial charge in [-0.25, -0.2) is 0 Å². The summed E-state index contributed by atoms with van der Waals surface area (Å²) in [5.74, 6) is 0.878. The van der Waals surface area contributed by atoms with E-state index in [0.717, 1.165) is 23.5 Å². The zero-order valence-electron chi connectivity index (χ0n) is 11.4. The van der Waals surface area contributed by atoms with Crippen molar-refractivity contribution in [3.05, 3.63) is 59.7 Å². The molecule has 0 aliphatic heterocycles. The average Bonchev–Trinajstić information content (AvgIpc) is 2.46. The molecule has 0 aromatic heterocycles. The fourth-order valence-corrected chi connectivity index (χ4v) is 1.97. The van der Waals surface area contributed by atoms with Crippen LogP contribution in [0, 0.1) is 0 Å². The lowest BCUT2D eigenvalue weighted by atomic mass is 10.1. The fourth-order valence-electron chi connectivity index (χ4n) is 1.97. The van der Waals surface area contributed by atoms with Crippen molar-refractivity contribution in [2.45, 2.75) is 19.5 Å². The first-order valence-corrected chi connectivity index (χ1v) is 6.41. The number of nitrogens with one attached hydrogen (secondary N) is 1. The first-order chi connectivity index (χ1) is 9.20. The van der Waals surface area contributed by atoms with Crippen molar-refractivity contribution in [1.82, 2.24) is 5.32 Å². The summed E-state index contributed by atoms with van der Waals surface area (Å²) in [7, 11) is 1.68. The zero-order chi connectivity index (χ0) is 13.7.